The van der Waals surface area contributed by atoms with Crippen molar-refractivity contribution in [2.75, 3.05) is 33.8 Å². The van der Waals surface area contributed by atoms with Gasteiger partial charge in [0.1, 0.15) is 6.04 Å². The van der Waals surface area contributed by atoms with Crippen LogP contribution in [0.15, 0.2) is 24.3 Å². The van der Waals surface area contributed by atoms with Crippen LogP contribution >= 0.6 is 12.4 Å². The van der Waals surface area contributed by atoms with Gasteiger partial charge in [-0.05, 0) is 32.6 Å². The number of carbonyl (C=O) groups is 5. The number of carboxylic acid groups (broad SMARTS) is 1. The minimum atomic E-state index is -0.989. The van der Waals surface area contributed by atoms with Crippen molar-refractivity contribution in [2.45, 2.75) is 18.9 Å². The number of nitrogens with zero attached hydrogens (tertiary/aromatic N) is 3. The summed E-state index contributed by atoms with van der Waals surface area (Å²) in [6.45, 7) is -0.371. The Balaban J connectivity index is 0.000000489. The summed E-state index contributed by atoms with van der Waals surface area (Å²) in [5, 5.41) is 17.0. The SMILES string of the molecule is CN(C)CC(=O)O.Cl.O=C1CCC(N2C(=O)c3ccccc3C2=O)C(=O)N1CCO. The van der Waals surface area contributed by atoms with Crippen LogP contribution in [0.1, 0.15) is 33.6 Å². The van der Waals surface area contributed by atoms with Crippen LogP contribution in [-0.2, 0) is 14.4 Å². The number of hydrogen-bond donors (Lipinski definition) is 2. The number of piperidine rings is 1. The molecule has 1 aromatic carbocycles. The molecule has 2 N–H and O–H groups in total. The maximum Gasteiger partial charge on any atom is 0.317 e. The third-order valence-corrected chi connectivity index (χ3v) is 4.40. The number of likely N-dealkylation sites (N-methyl/N-ethyl adjacent to an activating group) is 1. The van der Waals surface area contributed by atoms with Crippen LogP contribution in [0.4, 0.5) is 0 Å². The van der Waals surface area contributed by atoms with Crippen LogP contribution in [0.5, 0.6) is 0 Å². The van der Waals surface area contributed by atoms with Crippen molar-refractivity contribution < 1.29 is 34.2 Å². The van der Waals surface area contributed by atoms with E-state index in [0.29, 0.717) is 0 Å². The fourth-order valence-corrected chi connectivity index (χ4v) is 3.16. The molecule has 30 heavy (non-hydrogen) atoms. The van der Waals surface area contributed by atoms with E-state index in [1.165, 1.54) is 0 Å². The van der Waals surface area contributed by atoms with Gasteiger partial charge >= 0.3 is 5.97 Å². The fourth-order valence-electron chi connectivity index (χ4n) is 3.16. The summed E-state index contributed by atoms with van der Waals surface area (Å²) in [5.41, 5.74) is 0.539. The standard InChI is InChI=1S/C15H14N2O5.C4H9NO2.ClH/c18-8-7-16-12(19)6-5-11(15(16)22)17-13(20)9-3-1-2-4-10(9)14(17)21;1-5(2)3-4(6)7;/h1-4,11,18H,5-8H2;3H2,1-2H3,(H,6,7);1H. The van der Waals surface area contributed by atoms with Gasteiger partial charge in [-0.25, -0.2) is 0 Å². The van der Waals surface area contributed by atoms with Crippen LogP contribution in [0, 0.1) is 0 Å². The molecule has 2 aliphatic rings. The zero-order valence-electron chi connectivity index (χ0n) is 16.6. The molecule has 0 bridgehead atoms. The summed E-state index contributed by atoms with van der Waals surface area (Å²) in [5.74, 6) is -2.83. The van der Waals surface area contributed by atoms with Crippen LogP contribution in [0.25, 0.3) is 0 Å². The topological polar surface area (TPSA) is 136 Å². The molecule has 1 aromatic rings. The largest absolute Gasteiger partial charge is 0.480 e. The smallest absolute Gasteiger partial charge is 0.317 e. The molecule has 1 saturated heterocycles. The third-order valence-electron chi connectivity index (χ3n) is 4.40. The van der Waals surface area contributed by atoms with Gasteiger partial charge in [-0.15, -0.1) is 12.4 Å². The van der Waals surface area contributed by atoms with Crippen molar-refractivity contribution in [1.29, 1.82) is 0 Å². The van der Waals surface area contributed by atoms with E-state index in [1.807, 2.05) is 0 Å². The number of carboxylic acids is 1. The van der Waals surface area contributed by atoms with Crippen LogP contribution in [0.2, 0.25) is 0 Å². The van der Waals surface area contributed by atoms with E-state index >= 15 is 0 Å². The maximum atomic E-state index is 12.4. The second kappa shape index (κ2) is 10.8. The molecule has 164 valence electrons. The monoisotopic (exact) mass is 441 g/mol. The number of fused-ring (bicyclic) bond motifs is 1. The van der Waals surface area contributed by atoms with Crippen molar-refractivity contribution in [1.82, 2.24) is 14.7 Å². The predicted molar refractivity (Wildman–Crippen MR) is 107 cm³/mol. The number of aliphatic hydroxyl groups excluding tert-OH is 1. The molecule has 2 heterocycles. The van der Waals surface area contributed by atoms with Gasteiger partial charge in [-0.2, -0.15) is 0 Å². The first kappa shape index (κ1) is 25.2. The number of amides is 4. The fraction of sp³-hybridized carbons (Fsp3) is 0.421. The van der Waals surface area contributed by atoms with E-state index in [-0.39, 0.29) is 56.1 Å². The minimum absolute atomic E-state index is 0. The van der Waals surface area contributed by atoms with Gasteiger partial charge in [0, 0.05) is 6.42 Å². The molecular formula is C19H24ClN3O7. The first-order chi connectivity index (χ1) is 13.7. The van der Waals surface area contributed by atoms with E-state index in [0.717, 1.165) is 9.80 Å². The molecule has 1 unspecified atom stereocenters. The number of halogens is 1. The van der Waals surface area contributed by atoms with E-state index < -0.39 is 35.6 Å². The molecule has 10 nitrogen and oxygen atoms in total. The van der Waals surface area contributed by atoms with Gasteiger partial charge in [-0.3, -0.25) is 38.7 Å². The molecule has 1 fully saturated rings. The lowest BCUT2D eigenvalue weighted by molar-refractivity contribution is -0.152. The van der Waals surface area contributed by atoms with Crippen molar-refractivity contribution >= 4 is 42.0 Å². The van der Waals surface area contributed by atoms with E-state index in [1.54, 1.807) is 43.3 Å². The van der Waals surface area contributed by atoms with Gasteiger partial charge in [0.25, 0.3) is 17.7 Å². The maximum absolute atomic E-state index is 12.4. The van der Waals surface area contributed by atoms with Crippen LogP contribution < -0.4 is 0 Å². The average molecular weight is 442 g/mol. The Bertz CT molecular complexity index is 808. The molecule has 3 rings (SSSR count). The quantitative estimate of drug-likeness (QED) is 0.602. The number of aliphatic carboxylic acids is 1. The molecule has 0 radical (unpaired) electrons. The lowest BCUT2D eigenvalue weighted by atomic mass is 10.0. The lowest BCUT2D eigenvalue weighted by Gasteiger charge is -2.34. The molecule has 0 spiro atoms. The Morgan fingerprint density at radius 3 is 2.03 bits per heavy atom. The van der Waals surface area contributed by atoms with Crippen molar-refractivity contribution in [2.24, 2.45) is 0 Å². The summed E-state index contributed by atoms with van der Waals surface area (Å²) in [4.78, 5) is 62.2. The molecular weight excluding hydrogens is 418 g/mol. The second-order valence-corrected chi connectivity index (χ2v) is 6.82. The van der Waals surface area contributed by atoms with Gasteiger partial charge in [-0.1, -0.05) is 12.1 Å². The number of β-amino-alcohol motifs (C(OH)–C–C–N with tert-alkyl or cyclic N) is 1. The lowest BCUT2D eigenvalue weighted by Crippen LogP contribution is -2.56. The number of aliphatic hydroxyl groups is 1. The Kier molecular flexibility index (Phi) is 9.09. The Morgan fingerprint density at radius 2 is 1.63 bits per heavy atom. The Morgan fingerprint density at radius 1 is 1.10 bits per heavy atom. The molecule has 2 aliphatic heterocycles. The number of carbonyl (C=O) groups excluding carboxylic acids is 4. The van der Waals surface area contributed by atoms with Gasteiger partial charge in [0.2, 0.25) is 5.91 Å². The second-order valence-electron chi connectivity index (χ2n) is 6.82. The zero-order valence-corrected chi connectivity index (χ0v) is 17.4. The van der Waals surface area contributed by atoms with E-state index in [4.69, 9.17) is 10.2 Å². The third kappa shape index (κ3) is 5.41. The summed E-state index contributed by atoms with van der Waals surface area (Å²) < 4.78 is 0. The van der Waals surface area contributed by atoms with E-state index in [9.17, 15) is 24.0 Å². The van der Waals surface area contributed by atoms with Crippen molar-refractivity contribution in [3.63, 3.8) is 0 Å². The first-order valence-corrected chi connectivity index (χ1v) is 8.97. The normalized spacial score (nSPS) is 18.1. The van der Waals surface area contributed by atoms with Gasteiger partial charge < -0.3 is 10.2 Å². The zero-order chi connectivity index (χ0) is 21.7. The van der Waals surface area contributed by atoms with E-state index in [2.05, 4.69) is 0 Å². The summed E-state index contributed by atoms with van der Waals surface area (Å²) in [7, 11) is 3.43. The average Bonchev–Trinajstić information content (AvgIpc) is 2.90. The van der Waals surface area contributed by atoms with Gasteiger partial charge in [0.05, 0.1) is 30.8 Å². The highest BCUT2D eigenvalue weighted by molar-refractivity contribution is 6.23. The molecule has 11 heteroatoms. The van der Waals surface area contributed by atoms with Gasteiger partial charge in [0.15, 0.2) is 0 Å². The van der Waals surface area contributed by atoms with Crippen LogP contribution in [0.3, 0.4) is 0 Å². The highest BCUT2D eigenvalue weighted by Crippen LogP contribution is 2.28. The number of rotatable bonds is 5. The molecule has 0 saturated carbocycles. The summed E-state index contributed by atoms with van der Waals surface area (Å²) >= 11 is 0. The minimum Gasteiger partial charge on any atom is -0.480 e. The molecule has 0 aliphatic carbocycles. The van der Waals surface area contributed by atoms with Crippen molar-refractivity contribution in [3.05, 3.63) is 35.4 Å². The number of benzene rings is 1. The molecule has 1 atom stereocenters. The number of imide groups is 2. The molecule has 4 amide bonds. The highest BCUT2D eigenvalue weighted by Gasteiger charge is 2.46. The van der Waals surface area contributed by atoms with Crippen molar-refractivity contribution in [3.8, 4) is 0 Å². The predicted octanol–water partition coefficient (Wildman–Crippen LogP) is -0.153. The first-order valence-electron chi connectivity index (χ1n) is 8.97. The number of likely N-dealkylation sites (tertiary alicyclic amines) is 1. The molecule has 0 aromatic heterocycles. The number of hydrogen-bond acceptors (Lipinski definition) is 7. The Hall–Kier alpha value is -2.82. The summed E-state index contributed by atoms with van der Waals surface area (Å²) in [6, 6.07) is 5.39. The summed E-state index contributed by atoms with van der Waals surface area (Å²) in [6.07, 6.45) is 0.175. The highest BCUT2D eigenvalue weighted by atomic mass is 35.5. The Labute approximate surface area is 179 Å². The van der Waals surface area contributed by atoms with Crippen LogP contribution in [-0.4, -0.2) is 94.3 Å².